The molecule has 1 N–H and O–H groups in total. The fourth-order valence-electron chi connectivity index (χ4n) is 2.82. The zero-order chi connectivity index (χ0) is 18.1. The number of carbonyl (C=O) groups excluding carboxylic acids is 1. The quantitative estimate of drug-likeness (QED) is 0.672. The Morgan fingerprint density at radius 1 is 1.35 bits per heavy atom. The smallest absolute Gasteiger partial charge is 0.432 e. The molecule has 0 saturated heterocycles. The van der Waals surface area contributed by atoms with Crippen molar-refractivity contribution in [1.82, 2.24) is 10.2 Å². The number of hydrogen-bond donors (Lipinski definition) is 1. The lowest BCUT2D eigenvalue weighted by atomic mass is 10.3. The Morgan fingerprint density at radius 3 is 2.73 bits per heavy atom. The Bertz CT molecular complexity index is 955. The molecule has 0 spiro atoms. The molecule has 1 aliphatic carbocycles. The molecule has 134 valence electrons. The first-order valence-corrected chi connectivity index (χ1v) is 9.16. The highest BCUT2D eigenvalue weighted by atomic mass is 32.1. The number of rotatable bonds is 6. The summed E-state index contributed by atoms with van der Waals surface area (Å²) in [6.45, 7) is 0.194. The Morgan fingerprint density at radius 2 is 2.12 bits per heavy atom. The molecular weight excluding hydrogens is 354 g/mol. The summed E-state index contributed by atoms with van der Waals surface area (Å²) in [7, 11) is 1.59. The van der Waals surface area contributed by atoms with E-state index in [2.05, 4.69) is 5.27 Å². The molecule has 0 atom stereocenters. The van der Waals surface area contributed by atoms with Gasteiger partial charge in [0.15, 0.2) is 0 Å². The van der Waals surface area contributed by atoms with Gasteiger partial charge in [0.05, 0.1) is 12.0 Å². The molecule has 1 amide bonds. The summed E-state index contributed by atoms with van der Waals surface area (Å²) in [4.78, 5) is 27.5. The van der Waals surface area contributed by atoms with Crippen molar-refractivity contribution in [1.29, 1.82) is 0 Å². The molecule has 1 saturated carbocycles. The van der Waals surface area contributed by atoms with E-state index in [4.69, 9.17) is 9.26 Å². The van der Waals surface area contributed by atoms with Crippen molar-refractivity contribution in [3.8, 4) is 11.4 Å². The van der Waals surface area contributed by atoms with E-state index in [9.17, 15) is 9.59 Å². The van der Waals surface area contributed by atoms with Gasteiger partial charge in [0.2, 0.25) is 5.69 Å². The zero-order valence-electron chi connectivity index (χ0n) is 14.2. The van der Waals surface area contributed by atoms with Crippen LogP contribution in [0.15, 0.2) is 51.1 Å². The summed E-state index contributed by atoms with van der Waals surface area (Å²) in [5.41, 5.74) is 0.628. The Labute approximate surface area is 153 Å². The number of benzene rings is 1. The minimum Gasteiger partial charge on any atom is -0.497 e. The van der Waals surface area contributed by atoms with Crippen LogP contribution in [-0.4, -0.2) is 29.2 Å². The molecule has 2 heterocycles. The third-order valence-electron chi connectivity index (χ3n) is 4.37. The fourth-order valence-corrected chi connectivity index (χ4v) is 3.50. The molecule has 1 fully saturated rings. The second kappa shape index (κ2) is 6.80. The first kappa shape index (κ1) is 16.6. The number of thiophene rings is 1. The number of ether oxygens (including phenoxy) is 1. The van der Waals surface area contributed by atoms with E-state index >= 15 is 0 Å². The highest BCUT2D eigenvalue weighted by Crippen LogP contribution is 2.30. The molecule has 2 aromatic heterocycles. The van der Waals surface area contributed by atoms with Gasteiger partial charge in [-0.25, -0.2) is 4.79 Å². The van der Waals surface area contributed by atoms with Crippen LogP contribution in [0.5, 0.6) is 5.75 Å². The second-order valence-electron chi connectivity index (χ2n) is 6.10. The number of H-pyrrole nitrogens is 1. The Balaban J connectivity index is 1.65. The van der Waals surface area contributed by atoms with Crippen LogP contribution in [0, 0.1) is 0 Å². The Kier molecular flexibility index (Phi) is 4.34. The van der Waals surface area contributed by atoms with Crippen molar-refractivity contribution in [3.05, 3.63) is 62.8 Å². The SMILES string of the molecule is COc1ccc(-[n+]2[nH]oc(=O)c2CN(C(=O)c2cccs2)C2CC2)cc1. The monoisotopic (exact) mass is 372 g/mol. The summed E-state index contributed by atoms with van der Waals surface area (Å²) in [6, 6.07) is 11.1. The largest absolute Gasteiger partial charge is 0.497 e. The van der Waals surface area contributed by atoms with Crippen LogP contribution < -0.4 is 15.0 Å². The van der Waals surface area contributed by atoms with Gasteiger partial charge >= 0.3 is 11.3 Å². The van der Waals surface area contributed by atoms with Crippen molar-refractivity contribution < 1.29 is 18.7 Å². The van der Waals surface area contributed by atoms with Gasteiger partial charge in [0, 0.05) is 18.2 Å². The average molecular weight is 372 g/mol. The van der Waals surface area contributed by atoms with E-state index < -0.39 is 5.63 Å². The second-order valence-corrected chi connectivity index (χ2v) is 7.05. The molecule has 0 bridgehead atoms. The van der Waals surface area contributed by atoms with E-state index in [-0.39, 0.29) is 18.5 Å². The molecule has 26 heavy (non-hydrogen) atoms. The third-order valence-corrected chi connectivity index (χ3v) is 5.22. The maximum absolute atomic E-state index is 12.8. The highest BCUT2D eigenvalue weighted by molar-refractivity contribution is 7.12. The van der Waals surface area contributed by atoms with Crippen LogP contribution in [0.4, 0.5) is 0 Å². The topological polar surface area (TPSA) is 79.4 Å². The lowest BCUT2D eigenvalue weighted by Crippen LogP contribution is -2.43. The van der Waals surface area contributed by atoms with Gasteiger partial charge in [-0.05, 0) is 46.4 Å². The van der Waals surface area contributed by atoms with Crippen molar-refractivity contribution in [2.75, 3.05) is 7.11 Å². The minimum atomic E-state index is -0.481. The normalized spacial score (nSPS) is 13.6. The van der Waals surface area contributed by atoms with Gasteiger partial charge in [-0.1, -0.05) is 6.07 Å². The molecule has 3 aromatic rings. The molecule has 0 radical (unpaired) electrons. The number of aromatic nitrogens is 2. The van der Waals surface area contributed by atoms with E-state index in [1.165, 1.54) is 11.3 Å². The predicted octanol–water partition coefficient (Wildman–Crippen LogP) is 2.12. The third kappa shape index (κ3) is 3.15. The Hall–Kier alpha value is -2.87. The van der Waals surface area contributed by atoms with Crippen LogP contribution in [0.25, 0.3) is 5.69 Å². The molecule has 1 aliphatic rings. The predicted molar refractivity (Wildman–Crippen MR) is 94.6 cm³/mol. The summed E-state index contributed by atoms with van der Waals surface area (Å²) < 4.78 is 11.7. The standard InChI is InChI=1S/C18H17N3O4S/c1-24-14-8-6-13(7-9-14)21-15(18(23)25-19-21)11-20(12-4-5-12)17(22)16-3-2-10-26-16/h2-3,6-10,12H,4-5,11H2,1H3/p+1. The number of amides is 1. The molecule has 0 aliphatic heterocycles. The highest BCUT2D eigenvalue weighted by Gasteiger charge is 2.37. The van der Waals surface area contributed by atoms with Crippen molar-refractivity contribution in [2.24, 2.45) is 0 Å². The van der Waals surface area contributed by atoms with Gasteiger partial charge in [0.25, 0.3) is 5.91 Å². The van der Waals surface area contributed by atoms with E-state index in [0.717, 1.165) is 18.5 Å². The van der Waals surface area contributed by atoms with E-state index in [1.807, 2.05) is 23.6 Å². The number of carbonyl (C=O) groups is 1. The molecule has 0 unspecified atom stereocenters. The average Bonchev–Trinajstić information content (AvgIpc) is 3.22. The van der Waals surface area contributed by atoms with Gasteiger partial charge in [-0.3, -0.25) is 9.32 Å². The van der Waals surface area contributed by atoms with Gasteiger partial charge in [-0.2, -0.15) is 0 Å². The molecule has 7 nitrogen and oxygen atoms in total. The number of nitrogens with zero attached hydrogens (tertiary/aromatic N) is 2. The number of nitrogens with one attached hydrogen (secondary N) is 1. The lowest BCUT2D eigenvalue weighted by Gasteiger charge is -2.18. The number of hydrogen-bond acceptors (Lipinski definition) is 5. The number of methoxy groups -OCH3 is 1. The summed E-state index contributed by atoms with van der Waals surface area (Å²) in [6.07, 6.45) is 1.91. The van der Waals surface area contributed by atoms with Crippen molar-refractivity contribution >= 4 is 17.2 Å². The van der Waals surface area contributed by atoms with E-state index in [0.29, 0.717) is 16.3 Å². The molecular formula is C18H18N3O4S+. The number of aromatic amines is 1. The first-order valence-electron chi connectivity index (χ1n) is 8.28. The molecule has 4 rings (SSSR count). The van der Waals surface area contributed by atoms with Crippen LogP contribution in [0.1, 0.15) is 28.2 Å². The van der Waals surface area contributed by atoms with Gasteiger partial charge in [0.1, 0.15) is 12.3 Å². The van der Waals surface area contributed by atoms with Gasteiger partial charge in [-0.15, -0.1) is 11.3 Å². The first-order chi connectivity index (χ1) is 12.7. The maximum atomic E-state index is 12.8. The summed E-state index contributed by atoms with van der Waals surface area (Å²) in [5.74, 6) is 0.665. The van der Waals surface area contributed by atoms with Crippen LogP contribution in [0.2, 0.25) is 0 Å². The van der Waals surface area contributed by atoms with Crippen molar-refractivity contribution in [3.63, 3.8) is 0 Å². The zero-order valence-corrected chi connectivity index (χ0v) is 15.0. The van der Waals surface area contributed by atoms with E-state index in [1.54, 1.807) is 34.9 Å². The van der Waals surface area contributed by atoms with Gasteiger partial charge < -0.3 is 9.64 Å². The van der Waals surface area contributed by atoms with Crippen molar-refractivity contribution in [2.45, 2.75) is 25.4 Å². The minimum absolute atomic E-state index is 0.0515. The van der Waals surface area contributed by atoms with Crippen LogP contribution >= 0.6 is 11.3 Å². The van der Waals surface area contributed by atoms with Crippen LogP contribution in [0.3, 0.4) is 0 Å². The summed E-state index contributed by atoms with van der Waals surface area (Å²) in [5, 5.41) is 4.49. The molecule has 1 aromatic carbocycles. The fraction of sp³-hybridized carbons (Fsp3) is 0.278. The summed E-state index contributed by atoms with van der Waals surface area (Å²) >= 11 is 1.40. The lowest BCUT2D eigenvalue weighted by molar-refractivity contribution is -0.678. The molecule has 8 heteroatoms. The maximum Gasteiger partial charge on any atom is 0.432 e. The van der Waals surface area contributed by atoms with Crippen LogP contribution in [-0.2, 0) is 6.54 Å².